The fourth-order valence-corrected chi connectivity index (χ4v) is 3.90. The molecular weight excluding hydrogens is 456 g/mol. The molecule has 190 valence electrons. The Kier molecular flexibility index (Phi) is 9.92. The van der Waals surface area contributed by atoms with Gasteiger partial charge in [0.05, 0.1) is 24.3 Å². The maximum absolute atomic E-state index is 11.3. The lowest BCUT2D eigenvalue weighted by Gasteiger charge is -2.19. The average Bonchev–Trinajstić information content (AvgIpc) is 2.89. The Balaban J connectivity index is 2.08. The number of hydrogen-bond donors (Lipinski definition) is 2. The number of hydrogen-bond acceptors (Lipinski definition) is 4. The number of rotatable bonds is 14. The zero-order valence-electron chi connectivity index (χ0n) is 21.0. The molecule has 0 saturated carbocycles. The fourth-order valence-electron chi connectivity index (χ4n) is 3.90. The molecule has 2 N–H and O–H groups in total. The molecule has 0 amide bonds. The van der Waals surface area contributed by atoms with Gasteiger partial charge in [-0.2, -0.15) is 0 Å². The third-order valence-corrected chi connectivity index (χ3v) is 5.98. The lowest BCUT2D eigenvalue weighted by molar-refractivity contribution is 0.0686. The fraction of sp³-hybridized carbons (Fsp3) is 0.333. The summed E-state index contributed by atoms with van der Waals surface area (Å²) in [4.78, 5) is 22.7. The van der Waals surface area contributed by atoms with E-state index >= 15 is 0 Å². The molecule has 36 heavy (non-hydrogen) atoms. The van der Waals surface area contributed by atoms with Gasteiger partial charge in [-0.05, 0) is 60.4 Å². The minimum absolute atomic E-state index is 0.218. The van der Waals surface area contributed by atoms with Crippen LogP contribution in [-0.4, -0.2) is 35.4 Å². The van der Waals surface area contributed by atoms with Crippen LogP contribution in [0.25, 0.3) is 22.3 Å². The molecule has 3 aromatic rings. The van der Waals surface area contributed by atoms with E-state index in [1.165, 1.54) is 0 Å². The van der Waals surface area contributed by atoms with E-state index in [2.05, 4.69) is 13.8 Å². The van der Waals surface area contributed by atoms with Crippen LogP contribution in [0.2, 0.25) is 0 Å². The highest BCUT2D eigenvalue weighted by Crippen LogP contribution is 2.41. The molecule has 0 atom stereocenters. The van der Waals surface area contributed by atoms with Crippen LogP contribution in [0.4, 0.5) is 0 Å². The second-order valence-corrected chi connectivity index (χ2v) is 8.72. The van der Waals surface area contributed by atoms with Gasteiger partial charge in [-0.1, -0.05) is 63.8 Å². The van der Waals surface area contributed by atoms with Gasteiger partial charge in [0, 0.05) is 11.1 Å². The second-order valence-electron chi connectivity index (χ2n) is 8.72. The van der Waals surface area contributed by atoms with Crippen LogP contribution < -0.4 is 9.47 Å². The van der Waals surface area contributed by atoms with Crippen LogP contribution in [0.15, 0.2) is 60.7 Å². The predicted octanol–water partition coefficient (Wildman–Crippen LogP) is 7.56. The number of carbonyl (C=O) groups is 2. The molecule has 6 nitrogen and oxygen atoms in total. The first kappa shape index (κ1) is 26.8. The minimum Gasteiger partial charge on any atom is -0.493 e. The smallest absolute Gasteiger partial charge is 0.335 e. The summed E-state index contributed by atoms with van der Waals surface area (Å²) in [5.74, 6) is -0.602. The third kappa shape index (κ3) is 7.11. The summed E-state index contributed by atoms with van der Waals surface area (Å²) in [5.41, 5.74) is 3.73. The lowest BCUT2D eigenvalue weighted by atomic mass is 9.96. The molecule has 0 radical (unpaired) electrons. The number of ether oxygens (including phenoxy) is 2. The Bertz CT molecular complexity index is 1060. The van der Waals surface area contributed by atoms with Crippen molar-refractivity contribution in [3.8, 4) is 33.8 Å². The van der Waals surface area contributed by atoms with Crippen LogP contribution in [-0.2, 0) is 0 Å². The van der Waals surface area contributed by atoms with E-state index < -0.39 is 11.9 Å². The first-order chi connectivity index (χ1) is 17.4. The third-order valence-electron chi connectivity index (χ3n) is 5.98. The standard InChI is InChI=1S/C30H34O6/c1-3-5-7-17-35-27-19-26(22-11-15-24(16-12-22)30(33)34)28(36-18-8-6-4-2)20-25(27)21-9-13-23(14-10-21)29(31)32/h9-16,19-20H,3-8,17-18H2,1-2H3,(H,31,32)(H,33,34). The van der Waals surface area contributed by atoms with Gasteiger partial charge in [0.1, 0.15) is 11.5 Å². The predicted molar refractivity (Wildman–Crippen MR) is 141 cm³/mol. The van der Waals surface area contributed by atoms with Crippen molar-refractivity contribution >= 4 is 11.9 Å². The maximum atomic E-state index is 11.3. The molecule has 0 bridgehead atoms. The van der Waals surface area contributed by atoms with Gasteiger partial charge >= 0.3 is 11.9 Å². The van der Waals surface area contributed by atoms with E-state index in [0.29, 0.717) is 24.7 Å². The lowest BCUT2D eigenvalue weighted by Crippen LogP contribution is -2.03. The van der Waals surface area contributed by atoms with Crippen molar-refractivity contribution in [3.63, 3.8) is 0 Å². The molecule has 0 spiro atoms. The van der Waals surface area contributed by atoms with Gasteiger partial charge < -0.3 is 19.7 Å². The van der Waals surface area contributed by atoms with Gasteiger partial charge in [-0.25, -0.2) is 9.59 Å². The molecule has 0 aromatic heterocycles. The van der Waals surface area contributed by atoms with Gasteiger partial charge in [-0.3, -0.25) is 0 Å². The number of carboxylic acids is 2. The van der Waals surface area contributed by atoms with E-state index in [1.54, 1.807) is 48.5 Å². The molecule has 0 unspecified atom stereocenters. The Morgan fingerprint density at radius 2 is 0.972 bits per heavy atom. The zero-order valence-corrected chi connectivity index (χ0v) is 21.0. The average molecular weight is 491 g/mol. The topological polar surface area (TPSA) is 93.1 Å². The highest BCUT2D eigenvalue weighted by Gasteiger charge is 2.17. The van der Waals surface area contributed by atoms with Crippen molar-refractivity contribution in [2.45, 2.75) is 52.4 Å². The Labute approximate surface area is 212 Å². The van der Waals surface area contributed by atoms with E-state index in [9.17, 15) is 19.8 Å². The first-order valence-corrected chi connectivity index (χ1v) is 12.6. The van der Waals surface area contributed by atoms with E-state index in [-0.39, 0.29) is 11.1 Å². The number of unbranched alkanes of at least 4 members (excludes halogenated alkanes) is 4. The zero-order chi connectivity index (χ0) is 25.9. The minimum atomic E-state index is -0.974. The van der Waals surface area contributed by atoms with Crippen LogP contribution in [0.5, 0.6) is 11.5 Å². The van der Waals surface area contributed by atoms with Crippen LogP contribution in [0.3, 0.4) is 0 Å². The molecule has 0 aliphatic rings. The van der Waals surface area contributed by atoms with Gasteiger partial charge in [0.2, 0.25) is 0 Å². The van der Waals surface area contributed by atoms with Gasteiger partial charge in [0.15, 0.2) is 0 Å². The van der Waals surface area contributed by atoms with Crippen LogP contribution in [0.1, 0.15) is 73.1 Å². The monoisotopic (exact) mass is 490 g/mol. The maximum Gasteiger partial charge on any atom is 0.335 e. The van der Waals surface area contributed by atoms with Crippen LogP contribution in [0, 0.1) is 0 Å². The van der Waals surface area contributed by atoms with E-state index in [0.717, 1.165) is 60.8 Å². The summed E-state index contributed by atoms with van der Waals surface area (Å²) in [5, 5.41) is 18.6. The summed E-state index contributed by atoms with van der Waals surface area (Å²) >= 11 is 0. The highest BCUT2D eigenvalue weighted by molar-refractivity contribution is 5.90. The van der Waals surface area contributed by atoms with Crippen molar-refractivity contribution in [3.05, 3.63) is 71.8 Å². The Morgan fingerprint density at radius 3 is 1.28 bits per heavy atom. The van der Waals surface area contributed by atoms with E-state index in [4.69, 9.17) is 9.47 Å². The summed E-state index contributed by atoms with van der Waals surface area (Å²) in [6.45, 7) is 5.39. The van der Waals surface area contributed by atoms with Crippen LogP contribution >= 0.6 is 0 Å². The van der Waals surface area contributed by atoms with E-state index in [1.807, 2.05) is 12.1 Å². The van der Waals surface area contributed by atoms with Crippen molar-refractivity contribution in [2.75, 3.05) is 13.2 Å². The normalized spacial score (nSPS) is 10.7. The quantitative estimate of drug-likeness (QED) is 0.227. The van der Waals surface area contributed by atoms with Crippen molar-refractivity contribution < 1.29 is 29.3 Å². The molecule has 0 heterocycles. The highest BCUT2D eigenvalue weighted by atomic mass is 16.5. The second kappa shape index (κ2) is 13.3. The molecule has 6 heteroatoms. The summed E-state index contributed by atoms with van der Waals surface area (Å²) in [6.07, 6.45) is 6.13. The molecular formula is C30H34O6. The molecule has 0 fully saturated rings. The largest absolute Gasteiger partial charge is 0.493 e. The first-order valence-electron chi connectivity index (χ1n) is 12.6. The summed E-state index contributed by atoms with van der Waals surface area (Å²) in [7, 11) is 0. The summed E-state index contributed by atoms with van der Waals surface area (Å²) in [6, 6.07) is 17.3. The SMILES string of the molecule is CCCCCOc1cc(-c2ccc(C(=O)O)cc2)c(OCCCCC)cc1-c1ccc(C(=O)O)cc1. The molecule has 0 saturated heterocycles. The number of benzene rings is 3. The van der Waals surface area contributed by atoms with Crippen molar-refractivity contribution in [2.24, 2.45) is 0 Å². The van der Waals surface area contributed by atoms with Crippen molar-refractivity contribution in [1.82, 2.24) is 0 Å². The van der Waals surface area contributed by atoms with Gasteiger partial charge in [0.25, 0.3) is 0 Å². The Morgan fingerprint density at radius 1 is 0.611 bits per heavy atom. The molecule has 3 rings (SSSR count). The van der Waals surface area contributed by atoms with Gasteiger partial charge in [-0.15, -0.1) is 0 Å². The molecule has 3 aromatic carbocycles. The number of carboxylic acid groups (broad SMARTS) is 2. The molecule has 0 aliphatic carbocycles. The van der Waals surface area contributed by atoms with Crippen molar-refractivity contribution in [1.29, 1.82) is 0 Å². The Hall–Kier alpha value is -3.80. The number of aromatic carboxylic acids is 2. The summed E-state index contributed by atoms with van der Waals surface area (Å²) < 4.78 is 12.5. The molecule has 0 aliphatic heterocycles.